The van der Waals surface area contributed by atoms with Crippen molar-refractivity contribution in [3.63, 3.8) is 0 Å². The average molecular weight is 409 g/mol. The number of benzene rings is 1. The van der Waals surface area contributed by atoms with E-state index in [1.807, 2.05) is 55.7 Å². The highest BCUT2D eigenvalue weighted by Crippen LogP contribution is 2.37. The summed E-state index contributed by atoms with van der Waals surface area (Å²) in [5, 5.41) is 11.5. The van der Waals surface area contributed by atoms with Gasteiger partial charge in [0.15, 0.2) is 0 Å². The highest BCUT2D eigenvalue weighted by molar-refractivity contribution is 5.77. The number of aromatic nitrogens is 3. The summed E-state index contributed by atoms with van der Waals surface area (Å²) in [6.45, 7) is 6.18. The first-order valence-electron chi connectivity index (χ1n) is 10.4. The lowest BCUT2D eigenvalue weighted by atomic mass is 9.85. The van der Waals surface area contributed by atoms with Gasteiger partial charge in [-0.2, -0.15) is 0 Å². The van der Waals surface area contributed by atoms with Crippen molar-refractivity contribution in [1.82, 2.24) is 20.1 Å². The van der Waals surface area contributed by atoms with Crippen molar-refractivity contribution < 1.29 is 13.9 Å². The predicted molar refractivity (Wildman–Crippen MR) is 113 cm³/mol. The highest BCUT2D eigenvalue weighted by atomic mass is 16.5. The van der Waals surface area contributed by atoms with Crippen LogP contribution < -0.4 is 10.1 Å². The molecule has 1 aliphatic carbocycles. The Morgan fingerprint density at radius 2 is 2.00 bits per heavy atom. The Hall–Kier alpha value is -3.09. The van der Waals surface area contributed by atoms with Gasteiger partial charge in [0.1, 0.15) is 12.3 Å². The van der Waals surface area contributed by atoms with Crippen molar-refractivity contribution in [2.24, 2.45) is 0 Å². The van der Waals surface area contributed by atoms with Gasteiger partial charge in [-0.3, -0.25) is 4.79 Å². The van der Waals surface area contributed by atoms with Crippen molar-refractivity contribution in [3.05, 3.63) is 53.2 Å². The second-order valence-corrected chi connectivity index (χ2v) is 8.01. The molecule has 0 radical (unpaired) electrons. The number of aryl methyl sites for hydroxylation is 1. The van der Waals surface area contributed by atoms with Gasteiger partial charge >= 0.3 is 0 Å². The van der Waals surface area contributed by atoms with E-state index in [1.165, 1.54) is 6.42 Å². The fraction of sp³-hybridized carbons (Fsp3) is 0.435. The molecule has 3 aromatic rings. The molecule has 2 heterocycles. The number of amides is 1. The predicted octanol–water partition coefficient (Wildman–Crippen LogP) is 4.31. The monoisotopic (exact) mass is 408 g/mol. The molecule has 1 atom stereocenters. The third-order valence-corrected chi connectivity index (χ3v) is 5.99. The van der Waals surface area contributed by atoms with E-state index in [4.69, 9.17) is 9.15 Å². The molecule has 158 valence electrons. The van der Waals surface area contributed by atoms with Crippen LogP contribution in [-0.4, -0.2) is 27.8 Å². The molecule has 0 aliphatic heterocycles. The van der Waals surface area contributed by atoms with Gasteiger partial charge in [0.05, 0.1) is 18.7 Å². The van der Waals surface area contributed by atoms with Gasteiger partial charge < -0.3 is 19.0 Å². The summed E-state index contributed by atoms with van der Waals surface area (Å²) < 4.78 is 13.1. The van der Waals surface area contributed by atoms with Gasteiger partial charge in [-0.15, -0.1) is 10.2 Å². The summed E-state index contributed by atoms with van der Waals surface area (Å²) in [5.74, 6) is 2.41. The van der Waals surface area contributed by atoms with E-state index in [0.29, 0.717) is 11.8 Å². The van der Waals surface area contributed by atoms with Crippen LogP contribution in [0.15, 0.2) is 34.7 Å². The maximum Gasteiger partial charge on any atom is 0.249 e. The van der Waals surface area contributed by atoms with Gasteiger partial charge in [-0.05, 0) is 57.4 Å². The smallest absolute Gasteiger partial charge is 0.249 e. The summed E-state index contributed by atoms with van der Waals surface area (Å²) in [4.78, 5) is 12.7. The Morgan fingerprint density at radius 1 is 1.27 bits per heavy atom. The molecular formula is C23H28N4O3. The zero-order valence-electron chi connectivity index (χ0n) is 17.9. The van der Waals surface area contributed by atoms with Crippen LogP contribution in [0, 0.1) is 13.8 Å². The van der Waals surface area contributed by atoms with Crippen molar-refractivity contribution in [2.75, 3.05) is 7.11 Å². The van der Waals surface area contributed by atoms with E-state index >= 15 is 0 Å². The Balaban J connectivity index is 1.45. The summed E-state index contributed by atoms with van der Waals surface area (Å²) in [6, 6.07) is 9.62. The molecule has 0 bridgehead atoms. The third kappa shape index (κ3) is 3.97. The maximum absolute atomic E-state index is 12.7. The number of carbonyl (C=O) groups excluding carboxylic acids is 1. The van der Waals surface area contributed by atoms with E-state index < -0.39 is 0 Å². The number of rotatable bonds is 7. The first kappa shape index (κ1) is 20.2. The minimum atomic E-state index is -0.0972. The van der Waals surface area contributed by atoms with Gasteiger partial charge in [0.25, 0.3) is 0 Å². The Kier molecular flexibility index (Phi) is 5.61. The van der Waals surface area contributed by atoms with Crippen LogP contribution in [0.5, 0.6) is 5.75 Å². The fourth-order valence-corrected chi connectivity index (χ4v) is 3.83. The topological polar surface area (TPSA) is 82.2 Å². The summed E-state index contributed by atoms with van der Waals surface area (Å²) in [7, 11) is 1.64. The Bertz CT molecular complexity index is 1030. The normalized spacial score (nSPS) is 14.9. The van der Waals surface area contributed by atoms with Crippen LogP contribution >= 0.6 is 0 Å². The van der Waals surface area contributed by atoms with Gasteiger partial charge in [0, 0.05) is 17.3 Å². The number of nitrogens with zero attached hydrogens (tertiary/aromatic N) is 3. The van der Waals surface area contributed by atoms with Crippen LogP contribution in [0.25, 0.3) is 11.5 Å². The van der Waals surface area contributed by atoms with Crippen LogP contribution in [0.3, 0.4) is 0 Å². The fourth-order valence-electron chi connectivity index (χ4n) is 3.83. The van der Waals surface area contributed by atoms with Gasteiger partial charge in [-0.1, -0.05) is 18.6 Å². The molecule has 0 unspecified atom stereocenters. The molecular weight excluding hydrogens is 380 g/mol. The number of hydrogen-bond acceptors (Lipinski definition) is 5. The quantitative estimate of drug-likeness (QED) is 0.630. The molecule has 1 N–H and O–H groups in total. The maximum atomic E-state index is 12.7. The van der Waals surface area contributed by atoms with Crippen molar-refractivity contribution in [3.8, 4) is 17.2 Å². The van der Waals surface area contributed by atoms with E-state index in [2.05, 4.69) is 15.5 Å². The molecule has 30 heavy (non-hydrogen) atoms. The van der Waals surface area contributed by atoms with E-state index in [0.717, 1.165) is 47.0 Å². The summed E-state index contributed by atoms with van der Waals surface area (Å²) in [6.07, 6.45) is 3.46. The van der Waals surface area contributed by atoms with Crippen LogP contribution in [0.2, 0.25) is 0 Å². The van der Waals surface area contributed by atoms with E-state index in [1.54, 1.807) is 7.11 Å². The number of ether oxygens (including phenoxy) is 1. The molecule has 7 heteroatoms. The van der Waals surface area contributed by atoms with Crippen LogP contribution in [0.4, 0.5) is 0 Å². The lowest BCUT2D eigenvalue weighted by Gasteiger charge is -2.20. The van der Waals surface area contributed by atoms with E-state index in [-0.39, 0.29) is 18.5 Å². The number of hydrogen-bond donors (Lipinski definition) is 1. The minimum Gasteiger partial charge on any atom is -0.497 e. The minimum absolute atomic E-state index is 0.0487. The average Bonchev–Trinajstić information content (AvgIpc) is 3.27. The SMILES string of the molecule is COc1ccc([C@@H](C)NC(=O)Cn2c(C)cc(-c3nnc(C4CCC4)o3)c2C)cc1. The lowest BCUT2D eigenvalue weighted by molar-refractivity contribution is -0.122. The van der Waals surface area contributed by atoms with Crippen LogP contribution in [0.1, 0.15) is 61.0 Å². The molecule has 4 rings (SSSR count). The zero-order valence-corrected chi connectivity index (χ0v) is 17.9. The van der Waals surface area contributed by atoms with E-state index in [9.17, 15) is 4.79 Å². The second-order valence-electron chi connectivity index (χ2n) is 8.01. The molecule has 1 fully saturated rings. The second kappa shape index (κ2) is 8.34. The molecule has 0 spiro atoms. The molecule has 7 nitrogen and oxygen atoms in total. The Labute approximate surface area is 176 Å². The number of methoxy groups -OCH3 is 1. The standard InChI is InChI=1S/C23H28N4O3/c1-14-12-20(23-26-25-22(30-23)18-6-5-7-18)16(3)27(14)13-21(28)24-15(2)17-8-10-19(29-4)11-9-17/h8-12,15,18H,5-7,13H2,1-4H3,(H,24,28)/t15-/m1/s1. The number of nitrogens with one attached hydrogen (secondary N) is 1. The summed E-state index contributed by atoms with van der Waals surface area (Å²) >= 11 is 0. The zero-order chi connectivity index (χ0) is 21.3. The first-order valence-corrected chi connectivity index (χ1v) is 10.4. The Morgan fingerprint density at radius 3 is 2.63 bits per heavy atom. The summed E-state index contributed by atoms with van der Waals surface area (Å²) in [5.41, 5.74) is 3.85. The lowest BCUT2D eigenvalue weighted by Crippen LogP contribution is -2.30. The molecule has 1 saturated carbocycles. The van der Waals surface area contributed by atoms with Gasteiger partial charge in [0.2, 0.25) is 17.7 Å². The molecule has 1 aliphatic rings. The van der Waals surface area contributed by atoms with Gasteiger partial charge in [-0.25, -0.2) is 0 Å². The molecule has 1 amide bonds. The van der Waals surface area contributed by atoms with Crippen molar-refractivity contribution in [1.29, 1.82) is 0 Å². The molecule has 0 saturated heterocycles. The molecule has 2 aromatic heterocycles. The third-order valence-electron chi connectivity index (χ3n) is 5.99. The van der Waals surface area contributed by atoms with Crippen LogP contribution in [-0.2, 0) is 11.3 Å². The molecule has 1 aromatic carbocycles. The van der Waals surface area contributed by atoms with Crippen molar-refractivity contribution in [2.45, 2.75) is 58.5 Å². The largest absolute Gasteiger partial charge is 0.497 e. The van der Waals surface area contributed by atoms with Crippen molar-refractivity contribution >= 4 is 5.91 Å². The number of carbonyl (C=O) groups is 1. The highest BCUT2D eigenvalue weighted by Gasteiger charge is 2.26. The first-order chi connectivity index (χ1) is 14.5.